The summed E-state index contributed by atoms with van der Waals surface area (Å²) in [5.41, 5.74) is 9.75. The molecule has 2 aromatic carbocycles. The number of para-hydroxylation sites is 2. The summed E-state index contributed by atoms with van der Waals surface area (Å²) in [6.07, 6.45) is 0. The van der Waals surface area contributed by atoms with Gasteiger partial charge in [0.15, 0.2) is 5.65 Å². The third kappa shape index (κ3) is 2.61. The summed E-state index contributed by atoms with van der Waals surface area (Å²) in [7, 11) is 0. The molecule has 6 nitrogen and oxygen atoms in total. The zero-order valence-corrected chi connectivity index (χ0v) is 15.5. The molecule has 26 heavy (non-hydrogen) atoms. The predicted molar refractivity (Wildman–Crippen MR) is 104 cm³/mol. The molecule has 0 bridgehead atoms. The van der Waals surface area contributed by atoms with E-state index in [-0.39, 0.29) is 18.0 Å². The summed E-state index contributed by atoms with van der Waals surface area (Å²) in [4.78, 5) is 21.9. The molecule has 2 aromatic heterocycles. The third-order valence-corrected chi connectivity index (χ3v) is 4.59. The van der Waals surface area contributed by atoms with Gasteiger partial charge in [0.05, 0.1) is 17.6 Å². The van der Waals surface area contributed by atoms with Crippen LogP contribution < -0.4 is 5.73 Å². The minimum absolute atomic E-state index is 0.239. The Morgan fingerprint density at radius 3 is 2.42 bits per heavy atom. The van der Waals surface area contributed by atoms with Gasteiger partial charge in [0.25, 0.3) is 0 Å². The van der Waals surface area contributed by atoms with E-state index in [9.17, 15) is 4.79 Å². The maximum Gasteiger partial charge on any atom is 0.344 e. The molecule has 0 aliphatic rings. The van der Waals surface area contributed by atoms with E-state index in [0.29, 0.717) is 16.7 Å². The van der Waals surface area contributed by atoms with Crippen molar-refractivity contribution < 1.29 is 9.53 Å². The molecule has 0 radical (unpaired) electrons. The monoisotopic (exact) mass is 410 g/mol. The Bertz CT molecular complexity index is 1140. The first-order valence-electron chi connectivity index (χ1n) is 8.10. The van der Waals surface area contributed by atoms with E-state index < -0.39 is 5.97 Å². The van der Waals surface area contributed by atoms with E-state index in [1.807, 2.05) is 48.5 Å². The number of carbonyl (C=O) groups is 1. The Labute approximate surface area is 157 Å². The maximum atomic E-state index is 12.5. The summed E-state index contributed by atoms with van der Waals surface area (Å²) >= 11 is 3.43. The van der Waals surface area contributed by atoms with Crippen LogP contribution in [0, 0.1) is 0 Å². The third-order valence-electron chi connectivity index (χ3n) is 4.06. The fourth-order valence-electron chi connectivity index (χ4n) is 2.92. The number of fused-ring (bicyclic) bond motifs is 2. The van der Waals surface area contributed by atoms with Crippen LogP contribution in [0.5, 0.6) is 0 Å². The highest BCUT2D eigenvalue weighted by Crippen LogP contribution is 2.31. The quantitative estimate of drug-likeness (QED) is 0.514. The number of hydrogen-bond acceptors (Lipinski definition) is 5. The van der Waals surface area contributed by atoms with Crippen molar-refractivity contribution in [3.8, 4) is 5.69 Å². The van der Waals surface area contributed by atoms with Gasteiger partial charge in [-0.1, -0.05) is 28.1 Å². The van der Waals surface area contributed by atoms with E-state index in [2.05, 4.69) is 20.9 Å². The smallest absolute Gasteiger partial charge is 0.344 e. The lowest BCUT2D eigenvalue weighted by Crippen LogP contribution is -2.09. The van der Waals surface area contributed by atoms with Crippen molar-refractivity contribution in [1.82, 2.24) is 14.5 Å². The molecule has 2 heterocycles. The second-order valence-corrected chi connectivity index (χ2v) is 6.59. The van der Waals surface area contributed by atoms with Crippen LogP contribution in [0.2, 0.25) is 0 Å². The van der Waals surface area contributed by atoms with Gasteiger partial charge < -0.3 is 10.5 Å². The standard InChI is InChI=1S/C19H15BrN4O2/c1-2-26-19(25)15-16-18(23-14-6-4-3-5-13(14)22-16)24(17(15)21)12-9-7-11(20)8-10-12/h3-10H,2,21H2,1H3. The van der Waals surface area contributed by atoms with Crippen LogP contribution in [0.3, 0.4) is 0 Å². The van der Waals surface area contributed by atoms with Gasteiger partial charge in [-0.15, -0.1) is 0 Å². The van der Waals surface area contributed by atoms with E-state index in [4.69, 9.17) is 15.5 Å². The van der Waals surface area contributed by atoms with Crippen molar-refractivity contribution >= 4 is 49.9 Å². The van der Waals surface area contributed by atoms with Gasteiger partial charge in [0, 0.05) is 10.2 Å². The zero-order valence-electron chi connectivity index (χ0n) is 13.9. The van der Waals surface area contributed by atoms with Crippen LogP contribution in [0.1, 0.15) is 17.3 Å². The van der Waals surface area contributed by atoms with Crippen LogP contribution in [-0.4, -0.2) is 27.1 Å². The van der Waals surface area contributed by atoms with Gasteiger partial charge >= 0.3 is 5.97 Å². The number of halogens is 1. The average Bonchev–Trinajstić information content (AvgIpc) is 2.92. The van der Waals surface area contributed by atoms with Crippen LogP contribution in [0.25, 0.3) is 27.9 Å². The molecule has 2 N–H and O–H groups in total. The molecule has 0 amide bonds. The van der Waals surface area contributed by atoms with E-state index in [1.165, 1.54) is 0 Å². The minimum Gasteiger partial charge on any atom is -0.462 e. The molecule has 0 atom stereocenters. The van der Waals surface area contributed by atoms with Gasteiger partial charge in [-0.05, 0) is 43.3 Å². The molecule has 0 unspecified atom stereocenters. The van der Waals surface area contributed by atoms with Gasteiger partial charge in [-0.3, -0.25) is 4.57 Å². The van der Waals surface area contributed by atoms with Crippen LogP contribution >= 0.6 is 15.9 Å². The Kier molecular flexibility index (Phi) is 4.08. The molecule has 0 aliphatic heterocycles. The molecule has 0 spiro atoms. The Hall–Kier alpha value is -2.93. The molecule has 0 fully saturated rings. The number of nitrogens with zero attached hydrogens (tertiary/aromatic N) is 3. The topological polar surface area (TPSA) is 83.0 Å². The minimum atomic E-state index is -0.504. The van der Waals surface area contributed by atoms with E-state index >= 15 is 0 Å². The molecule has 4 aromatic rings. The van der Waals surface area contributed by atoms with Crippen LogP contribution in [0.4, 0.5) is 5.82 Å². The number of nitrogen functional groups attached to an aromatic ring is 1. The fourth-order valence-corrected chi connectivity index (χ4v) is 3.18. The number of rotatable bonds is 3. The van der Waals surface area contributed by atoms with Crippen LogP contribution in [-0.2, 0) is 4.74 Å². The Morgan fingerprint density at radius 1 is 1.12 bits per heavy atom. The average molecular weight is 411 g/mol. The highest BCUT2D eigenvalue weighted by molar-refractivity contribution is 9.10. The highest BCUT2D eigenvalue weighted by Gasteiger charge is 2.25. The fraction of sp³-hybridized carbons (Fsp3) is 0.105. The normalized spacial score (nSPS) is 11.2. The lowest BCUT2D eigenvalue weighted by atomic mass is 10.2. The number of aromatic nitrogens is 3. The number of benzene rings is 2. The first-order chi connectivity index (χ1) is 12.6. The second-order valence-electron chi connectivity index (χ2n) is 5.68. The summed E-state index contributed by atoms with van der Waals surface area (Å²) in [6, 6.07) is 15.1. The number of carbonyl (C=O) groups excluding carboxylic acids is 1. The second kappa shape index (κ2) is 6.42. The summed E-state index contributed by atoms with van der Waals surface area (Å²) in [5, 5.41) is 0. The molecule has 0 aliphatic carbocycles. The maximum absolute atomic E-state index is 12.5. The Balaban J connectivity index is 2.09. The van der Waals surface area contributed by atoms with Gasteiger partial charge in [0.1, 0.15) is 16.9 Å². The molecule has 0 saturated heterocycles. The zero-order chi connectivity index (χ0) is 18.3. The Morgan fingerprint density at radius 2 is 1.77 bits per heavy atom. The molecule has 0 saturated carbocycles. The number of anilines is 1. The molecular formula is C19H15BrN4O2. The van der Waals surface area contributed by atoms with Gasteiger partial charge in [-0.2, -0.15) is 0 Å². The lowest BCUT2D eigenvalue weighted by molar-refractivity contribution is 0.0529. The van der Waals surface area contributed by atoms with Gasteiger partial charge in [0.2, 0.25) is 0 Å². The first-order valence-corrected chi connectivity index (χ1v) is 8.89. The van der Waals surface area contributed by atoms with Crippen molar-refractivity contribution in [3.05, 3.63) is 58.6 Å². The molecule has 4 rings (SSSR count). The molecule has 7 heteroatoms. The van der Waals surface area contributed by atoms with Crippen molar-refractivity contribution in [3.63, 3.8) is 0 Å². The summed E-state index contributed by atoms with van der Waals surface area (Å²) in [6.45, 7) is 2.01. The van der Waals surface area contributed by atoms with E-state index in [0.717, 1.165) is 15.7 Å². The van der Waals surface area contributed by atoms with Gasteiger partial charge in [-0.25, -0.2) is 14.8 Å². The predicted octanol–water partition coefficient (Wildman–Crippen LogP) is 4.10. The number of esters is 1. The summed E-state index contributed by atoms with van der Waals surface area (Å²) < 4.78 is 7.86. The highest BCUT2D eigenvalue weighted by atomic mass is 79.9. The summed E-state index contributed by atoms with van der Waals surface area (Å²) in [5.74, 6) is -0.244. The number of ether oxygens (including phenoxy) is 1. The molecule has 130 valence electrons. The number of nitrogens with two attached hydrogens (primary N) is 1. The van der Waals surface area contributed by atoms with Crippen molar-refractivity contribution in [2.45, 2.75) is 6.92 Å². The van der Waals surface area contributed by atoms with Crippen LogP contribution in [0.15, 0.2) is 53.0 Å². The van der Waals surface area contributed by atoms with Crippen molar-refractivity contribution in [2.24, 2.45) is 0 Å². The van der Waals surface area contributed by atoms with Crippen molar-refractivity contribution in [2.75, 3.05) is 12.3 Å². The molecular weight excluding hydrogens is 396 g/mol. The SMILES string of the molecule is CCOC(=O)c1c(N)n(-c2ccc(Br)cc2)c2nc3ccccc3nc12. The lowest BCUT2D eigenvalue weighted by Gasteiger charge is -2.08. The van der Waals surface area contributed by atoms with E-state index in [1.54, 1.807) is 11.5 Å². The largest absolute Gasteiger partial charge is 0.462 e. The first kappa shape index (κ1) is 16.5. The van der Waals surface area contributed by atoms with Crippen molar-refractivity contribution in [1.29, 1.82) is 0 Å². The number of hydrogen-bond donors (Lipinski definition) is 1.